The molecule has 1 aromatic heterocycles. The van der Waals surface area contributed by atoms with Crippen LogP contribution in [0.15, 0.2) is 4.99 Å². The maximum Gasteiger partial charge on any atom is 0.191 e. The third kappa shape index (κ3) is 6.32. The molecule has 1 aliphatic carbocycles. The van der Waals surface area contributed by atoms with E-state index in [9.17, 15) is 0 Å². The van der Waals surface area contributed by atoms with Crippen LogP contribution in [-0.2, 0) is 19.5 Å². The van der Waals surface area contributed by atoms with Crippen molar-refractivity contribution in [1.29, 1.82) is 0 Å². The molecule has 0 unspecified atom stereocenters. The van der Waals surface area contributed by atoms with Crippen LogP contribution in [0.2, 0.25) is 0 Å². The number of halogens is 1. The molecule has 3 rings (SSSR count). The molecule has 0 spiro atoms. The molecule has 6 nitrogen and oxygen atoms in total. The summed E-state index contributed by atoms with van der Waals surface area (Å²) < 4.78 is 2.29. The van der Waals surface area contributed by atoms with Gasteiger partial charge in [0.05, 0.1) is 0 Å². The van der Waals surface area contributed by atoms with Crippen molar-refractivity contribution in [2.24, 2.45) is 16.3 Å². The van der Waals surface area contributed by atoms with Gasteiger partial charge in [-0.3, -0.25) is 0 Å². The summed E-state index contributed by atoms with van der Waals surface area (Å²) >= 11 is 0. The number of nitrogens with zero attached hydrogens (tertiary/aromatic N) is 4. The second kappa shape index (κ2) is 11.4. The average Bonchev–Trinajstić information content (AvgIpc) is 3.17. The van der Waals surface area contributed by atoms with Gasteiger partial charge in [-0.1, -0.05) is 33.1 Å². The van der Waals surface area contributed by atoms with Gasteiger partial charge in [-0.05, 0) is 50.4 Å². The molecule has 160 valence electrons. The van der Waals surface area contributed by atoms with Crippen LogP contribution in [0.3, 0.4) is 0 Å². The molecule has 2 N–H and O–H groups in total. The maximum absolute atomic E-state index is 4.84. The van der Waals surface area contributed by atoms with E-state index in [0.717, 1.165) is 49.6 Å². The van der Waals surface area contributed by atoms with Gasteiger partial charge in [-0.25, -0.2) is 4.99 Å². The van der Waals surface area contributed by atoms with Gasteiger partial charge in [0.1, 0.15) is 12.4 Å². The maximum atomic E-state index is 4.84. The van der Waals surface area contributed by atoms with E-state index in [1.54, 1.807) is 0 Å². The number of rotatable bonds is 7. The van der Waals surface area contributed by atoms with Crippen molar-refractivity contribution in [3.63, 3.8) is 0 Å². The summed E-state index contributed by atoms with van der Waals surface area (Å²) in [6.07, 6.45) is 11.5. The minimum atomic E-state index is 0. The molecule has 0 aromatic carbocycles. The van der Waals surface area contributed by atoms with Crippen LogP contribution < -0.4 is 10.6 Å². The van der Waals surface area contributed by atoms with Crippen LogP contribution in [0.4, 0.5) is 0 Å². The lowest BCUT2D eigenvalue weighted by molar-refractivity contribution is 0.234. The summed E-state index contributed by atoms with van der Waals surface area (Å²) in [7, 11) is 0. The predicted molar refractivity (Wildman–Crippen MR) is 126 cm³/mol. The summed E-state index contributed by atoms with van der Waals surface area (Å²) in [5.41, 5.74) is 0.441. The largest absolute Gasteiger partial charge is 0.357 e. The fraction of sp³-hybridized carbons (Fsp3) is 0.857. The molecule has 1 fully saturated rings. The van der Waals surface area contributed by atoms with Crippen molar-refractivity contribution >= 4 is 29.9 Å². The molecular weight excluding hydrogens is 463 g/mol. The first kappa shape index (κ1) is 23.4. The first-order valence-electron chi connectivity index (χ1n) is 11.0. The summed E-state index contributed by atoms with van der Waals surface area (Å²) in [5.74, 6) is 3.80. The van der Waals surface area contributed by atoms with E-state index in [2.05, 4.69) is 46.2 Å². The number of aryl methyl sites for hydroxylation is 1. The van der Waals surface area contributed by atoms with Crippen LogP contribution in [0.25, 0.3) is 0 Å². The molecule has 1 aliphatic heterocycles. The van der Waals surface area contributed by atoms with E-state index < -0.39 is 0 Å². The van der Waals surface area contributed by atoms with Crippen molar-refractivity contribution < 1.29 is 0 Å². The molecule has 0 saturated heterocycles. The lowest BCUT2D eigenvalue weighted by Gasteiger charge is -2.32. The number of aliphatic imine (C=N–C) groups is 1. The van der Waals surface area contributed by atoms with E-state index in [-0.39, 0.29) is 24.0 Å². The molecule has 0 amide bonds. The standard InChI is InChI=1S/C21H38N6.HI/c1-4-22-20(24-16-21(14-17(2)3)11-7-8-12-21)23-15-19-26-25-18-10-6-5-9-13-27(18)19;/h17H,4-16H2,1-3H3,(H2,22,23,24);1H. The highest BCUT2D eigenvalue weighted by molar-refractivity contribution is 14.0. The Bertz CT molecular complexity index is 618. The molecule has 1 aromatic rings. The quantitative estimate of drug-likeness (QED) is 0.332. The summed E-state index contributed by atoms with van der Waals surface area (Å²) in [6.45, 7) is 10.3. The Balaban J connectivity index is 0.00000280. The Morgan fingerprint density at radius 3 is 2.61 bits per heavy atom. The normalized spacial score (nSPS) is 19.1. The SMILES string of the molecule is CCNC(=NCc1nnc2n1CCCCC2)NCC1(CC(C)C)CCCC1.I. The average molecular weight is 502 g/mol. The summed E-state index contributed by atoms with van der Waals surface area (Å²) in [6, 6.07) is 0. The number of guanidine groups is 1. The van der Waals surface area contributed by atoms with E-state index in [1.165, 1.54) is 51.4 Å². The first-order valence-corrected chi connectivity index (χ1v) is 11.0. The number of fused-ring (bicyclic) bond motifs is 1. The van der Waals surface area contributed by atoms with E-state index in [4.69, 9.17) is 4.99 Å². The number of hydrogen-bond acceptors (Lipinski definition) is 3. The molecule has 0 atom stereocenters. The van der Waals surface area contributed by atoms with Crippen LogP contribution in [0.1, 0.15) is 83.8 Å². The fourth-order valence-corrected chi connectivity index (χ4v) is 4.87. The number of aromatic nitrogens is 3. The summed E-state index contributed by atoms with van der Waals surface area (Å²) in [4.78, 5) is 4.84. The fourth-order valence-electron chi connectivity index (χ4n) is 4.87. The molecule has 0 bridgehead atoms. The Morgan fingerprint density at radius 2 is 1.89 bits per heavy atom. The lowest BCUT2D eigenvalue weighted by Crippen LogP contribution is -2.43. The molecular formula is C21H39IN6. The molecule has 1 saturated carbocycles. The number of nitrogens with one attached hydrogen (secondary N) is 2. The van der Waals surface area contributed by atoms with Crippen LogP contribution in [0, 0.1) is 11.3 Å². The predicted octanol–water partition coefficient (Wildman–Crippen LogP) is 4.28. The zero-order valence-electron chi connectivity index (χ0n) is 18.0. The highest BCUT2D eigenvalue weighted by Crippen LogP contribution is 2.42. The zero-order valence-corrected chi connectivity index (χ0v) is 20.3. The van der Waals surface area contributed by atoms with Crippen molar-refractivity contribution in [1.82, 2.24) is 25.4 Å². The minimum Gasteiger partial charge on any atom is -0.357 e. The Labute approximate surface area is 187 Å². The highest BCUT2D eigenvalue weighted by Gasteiger charge is 2.34. The third-order valence-corrected chi connectivity index (χ3v) is 6.05. The molecule has 2 aliphatic rings. The second-order valence-corrected chi connectivity index (χ2v) is 8.85. The molecule has 2 heterocycles. The zero-order chi connectivity index (χ0) is 19.1. The van der Waals surface area contributed by atoms with E-state index >= 15 is 0 Å². The van der Waals surface area contributed by atoms with Gasteiger partial charge in [-0.15, -0.1) is 34.2 Å². The van der Waals surface area contributed by atoms with Gasteiger partial charge in [0.15, 0.2) is 11.8 Å². The monoisotopic (exact) mass is 502 g/mol. The van der Waals surface area contributed by atoms with Crippen molar-refractivity contribution in [3.05, 3.63) is 11.6 Å². The summed E-state index contributed by atoms with van der Waals surface area (Å²) in [5, 5.41) is 15.9. The van der Waals surface area contributed by atoms with Crippen molar-refractivity contribution in [3.8, 4) is 0 Å². The molecule has 0 radical (unpaired) electrons. The topological polar surface area (TPSA) is 67.1 Å². The van der Waals surface area contributed by atoms with Crippen LogP contribution in [-0.4, -0.2) is 33.8 Å². The van der Waals surface area contributed by atoms with Gasteiger partial charge in [-0.2, -0.15) is 0 Å². The van der Waals surface area contributed by atoms with Gasteiger partial charge in [0, 0.05) is 26.1 Å². The first-order chi connectivity index (χ1) is 13.1. The Morgan fingerprint density at radius 1 is 1.11 bits per heavy atom. The van der Waals surface area contributed by atoms with Crippen molar-refractivity contribution in [2.75, 3.05) is 13.1 Å². The van der Waals surface area contributed by atoms with Crippen LogP contribution >= 0.6 is 24.0 Å². The highest BCUT2D eigenvalue weighted by atomic mass is 127. The third-order valence-electron chi connectivity index (χ3n) is 6.05. The van der Waals surface area contributed by atoms with E-state index in [1.807, 2.05) is 0 Å². The van der Waals surface area contributed by atoms with Crippen LogP contribution in [0.5, 0.6) is 0 Å². The minimum absolute atomic E-state index is 0. The Kier molecular flexibility index (Phi) is 9.50. The van der Waals surface area contributed by atoms with Gasteiger partial charge in [0.25, 0.3) is 0 Å². The van der Waals surface area contributed by atoms with Gasteiger partial charge >= 0.3 is 0 Å². The second-order valence-electron chi connectivity index (χ2n) is 8.85. The van der Waals surface area contributed by atoms with Gasteiger partial charge in [0.2, 0.25) is 0 Å². The smallest absolute Gasteiger partial charge is 0.191 e. The van der Waals surface area contributed by atoms with Gasteiger partial charge < -0.3 is 15.2 Å². The molecule has 28 heavy (non-hydrogen) atoms. The van der Waals surface area contributed by atoms with Crippen molar-refractivity contribution in [2.45, 2.75) is 91.6 Å². The number of hydrogen-bond donors (Lipinski definition) is 2. The Hall–Kier alpha value is -0.860. The molecule has 7 heteroatoms. The van der Waals surface area contributed by atoms with E-state index in [0.29, 0.717) is 12.0 Å². The lowest BCUT2D eigenvalue weighted by atomic mass is 9.78.